The average molecular weight is 288 g/mol. The van der Waals surface area contributed by atoms with Gasteiger partial charge in [0, 0.05) is 18.2 Å². The predicted octanol–water partition coefficient (Wildman–Crippen LogP) is 2.09. The molecule has 1 aromatic rings. The molecule has 1 rings (SSSR count). The van der Waals surface area contributed by atoms with Crippen LogP contribution in [0.2, 0.25) is 0 Å². The number of terminal acetylenes is 1. The fourth-order valence-electron chi connectivity index (χ4n) is 1.74. The Bertz CT molecular complexity index is 494. The first-order valence-corrected chi connectivity index (χ1v) is 7.26. The van der Waals surface area contributed by atoms with Crippen molar-refractivity contribution in [3.8, 4) is 18.1 Å². The van der Waals surface area contributed by atoms with Gasteiger partial charge in [-0.15, -0.1) is 6.42 Å². The molecule has 0 aliphatic heterocycles. The van der Waals surface area contributed by atoms with E-state index in [2.05, 4.69) is 16.6 Å². The van der Waals surface area contributed by atoms with E-state index in [1.165, 1.54) is 0 Å². The van der Waals surface area contributed by atoms with Crippen LogP contribution in [0.15, 0.2) is 24.3 Å². The fourth-order valence-corrected chi connectivity index (χ4v) is 1.74. The second-order valence-corrected chi connectivity index (χ2v) is 5.02. The molecular formula is C17H24N2O2. The molecule has 0 heterocycles. The highest BCUT2D eigenvalue weighted by Gasteiger charge is 2.14. The van der Waals surface area contributed by atoms with Gasteiger partial charge in [-0.1, -0.05) is 31.0 Å². The lowest BCUT2D eigenvalue weighted by Crippen LogP contribution is -2.45. The smallest absolute Gasteiger partial charge is 0.237 e. The van der Waals surface area contributed by atoms with Gasteiger partial charge in [-0.25, -0.2) is 0 Å². The van der Waals surface area contributed by atoms with Crippen LogP contribution in [0.3, 0.4) is 0 Å². The van der Waals surface area contributed by atoms with Crippen LogP contribution in [-0.4, -0.2) is 24.6 Å². The molecule has 0 aliphatic rings. The van der Waals surface area contributed by atoms with Gasteiger partial charge in [0.1, 0.15) is 12.4 Å². The van der Waals surface area contributed by atoms with E-state index in [0.29, 0.717) is 6.54 Å². The average Bonchev–Trinajstić information content (AvgIpc) is 2.50. The molecule has 1 aromatic carbocycles. The third-order valence-electron chi connectivity index (χ3n) is 3.28. The van der Waals surface area contributed by atoms with Crippen LogP contribution >= 0.6 is 0 Å². The van der Waals surface area contributed by atoms with Crippen molar-refractivity contribution in [3.63, 3.8) is 0 Å². The first-order chi connectivity index (χ1) is 10.1. The number of carbonyl (C=O) groups excluding carboxylic acids is 1. The normalized spacial score (nSPS) is 13.0. The van der Waals surface area contributed by atoms with Gasteiger partial charge in [-0.05, 0) is 26.3 Å². The molecule has 0 saturated carbocycles. The van der Waals surface area contributed by atoms with Gasteiger partial charge < -0.3 is 15.4 Å². The second-order valence-electron chi connectivity index (χ2n) is 5.02. The quantitative estimate of drug-likeness (QED) is 0.720. The highest BCUT2D eigenvalue weighted by atomic mass is 16.5. The lowest BCUT2D eigenvalue weighted by Gasteiger charge is -2.18. The minimum atomic E-state index is -0.264. The van der Waals surface area contributed by atoms with Crippen LogP contribution in [0.1, 0.15) is 32.8 Å². The monoisotopic (exact) mass is 288 g/mol. The highest BCUT2D eigenvalue weighted by molar-refractivity contribution is 5.81. The molecule has 114 valence electrons. The van der Waals surface area contributed by atoms with Crippen molar-refractivity contribution in [1.29, 1.82) is 0 Å². The Morgan fingerprint density at radius 1 is 1.38 bits per heavy atom. The number of amides is 1. The van der Waals surface area contributed by atoms with E-state index in [4.69, 9.17) is 11.2 Å². The maximum atomic E-state index is 12.0. The number of hydrogen-bond acceptors (Lipinski definition) is 3. The Labute approximate surface area is 127 Å². The van der Waals surface area contributed by atoms with Gasteiger partial charge >= 0.3 is 0 Å². The molecule has 21 heavy (non-hydrogen) atoms. The maximum absolute atomic E-state index is 12.0. The topological polar surface area (TPSA) is 50.4 Å². The number of ether oxygens (including phenoxy) is 1. The molecule has 2 unspecified atom stereocenters. The summed E-state index contributed by atoms with van der Waals surface area (Å²) in [7, 11) is 0. The van der Waals surface area contributed by atoms with Gasteiger partial charge in [0.2, 0.25) is 5.91 Å². The standard InChI is InChI=1S/C17H24N2O2/c1-5-11-21-16-10-8-7-9-15(16)12-18-14(4)17(20)19-13(3)6-2/h1,7-10,13-14,18H,6,11-12H2,2-4H3,(H,19,20). The zero-order valence-electron chi connectivity index (χ0n) is 13.0. The van der Waals surface area contributed by atoms with Gasteiger partial charge in [-0.3, -0.25) is 4.79 Å². The summed E-state index contributed by atoms with van der Waals surface area (Å²) in [5, 5.41) is 6.16. The number of nitrogens with one attached hydrogen (secondary N) is 2. The van der Waals surface area contributed by atoms with Crippen molar-refractivity contribution in [3.05, 3.63) is 29.8 Å². The van der Waals surface area contributed by atoms with Crippen LogP contribution < -0.4 is 15.4 Å². The predicted molar refractivity (Wildman–Crippen MR) is 85.0 cm³/mol. The minimum Gasteiger partial charge on any atom is -0.481 e. The molecule has 0 saturated heterocycles. The van der Waals surface area contributed by atoms with E-state index in [0.717, 1.165) is 17.7 Å². The summed E-state index contributed by atoms with van der Waals surface area (Å²) in [5.74, 6) is 3.20. The Morgan fingerprint density at radius 2 is 2.10 bits per heavy atom. The Kier molecular flexibility index (Phi) is 7.34. The van der Waals surface area contributed by atoms with Crippen LogP contribution in [0, 0.1) is 12.3 Å². The van der Waals surface area contributed by atoms with Gasteiger partial charge in [0.25, 0.3) is 0 Å². The Hall–Kier alpha value is -1.99. The first kappa shape index (κ1) is 17.1. The van der Waals surface area contributed by atoms with Gasteiger partial charge in [0.05, 0.1) is 6.04 Å². The van der Waals surface area contributed by atoms with E-state index in [9.17, 15) is 4.79 Å². The van der Waals surface area contributed by atoms with Gasteiger partial charge in [-0.2, -0.15) is 0 Å². The lowest BCUT2D eigenvalue weighted by molar-refractivity contribution is -0.123. The van der Waals surface area contributed by atoms with Crippen molar-refractivity contribution < 1.29 is 9.53 Å². The summed E-state index contributed by atoms with van der Waals surface area (Å²) < 4.78 is 5.48. The summed E-state index contributed by atoms with van der Waals surface area (Å²) in [5.41, 5.74) is 0.982. The first-order valence-electron chi connectivity index (χ1n) is 7.26. The number of para-hydroxylation sites is 1. The number of rotatable bonds is 8. The van der Waals surface area contributed by atoms with Crippen molar-refractivity contribution in [2.75, 3.05) is 6.61 Å². The number of hydrogen-bond donors (Lipinski definition) is 2. The van der Waals surface area contributed by atoms with E-state index in [1.54, 1.807) is 0 Å². The molecular weight excluding hydrogens is 264 g/mol. The van der Waals surface area contributed by atoms with Crippen molar-refractivity contribution in [1.82, 2.24) is 10.6 Å². The molecule has 0 radical (unpaired) electrons. The second kappa shape index (κ2) is 9.04. The summed E-state index contributed by atoms with van der Waals surface area (Å²) in [6.07, 6.45) is 6.12. The maximum Gasteiger partial charge on any atom is 0.237 e. The van der Waals surface area contributed by atoms with E-state index >= 15 is 0 Å². The molecule has 4 heteroatoms. The van der Waals surface area contributed by atoms with Crippen molar-refractivity contribution in [2.45, 2.75) is 45.8 Å². The molecule has 1 amide bonds. The molecule has 2 N–H and O–H groups in total. The molecule has 0 spiro atoms. The third-order valence-corrected chi connectivity index (χ3v) is 3.28. The van der Waals surface area contributed by atoms with Crippen LogP contribution in [-0.2, 0) is 11.3 Å². The Morgan fingerprint density at radius 3 is 2.76 bits per heavy atom. The summed E-state index contributed by atoms with van der Waals surface area (Å²) >= 11 is 0. The molecule has 0 fully saturated rings. The molecule has 0 bridgehead atoms. The van der Waals surface area contributed by atoms with Crippen LogP contribution in [0.25, 0.3) is 0 Å². The SMILES string of the molecule is C#CCOc1ccccc1CNC(C)C(=O)NC(C)CC. The summed E-state index contributed by atoms with van der Waals surface area (Å²) in [6, 6.07) is 7.58. The van der Waals surface area contributed by atoms with Crippen LogP contribution in [0.5, 0.6) is 5.75 Å². The summed E-state index contributed by atoms with van der Waals surface area (Å²) in [6.45, 7) is 6.68. The van der Waals surface area contributed by atoms with Crippen LogP contribution in [0.4, 0.5) is 0 Å². The molecule has 4 nitrogen and oxygen atoms in total. The van der Waals surface area contributed by atoms with E-state index in [1.807, 2.05) is 45.0 Å². The zero-order chi connectivity index (χ0) is 15.7. The van der Waals surface area contributed by atoms with Gasteiger partial charge in [0.15, 0.2) is 0 Å². The molecule has 0 aromatic heterocycles. The van der Waals surface area contributed by atoms with Crippen molar-refractivity contribution >= 4 is 5.91 Å². The lowest BCUT2D eigenvalue weighted by atomic mass is 10.2. The largest absolute Gasteiger partial charge is 0.481 e. The Balaban J connectivity index is 2.54. The number of benzene rings is 1. The van der Waals surface area contributed by atoms with E-state index in [-0.39, 0.29) is 24.6 Å². The fraction of sp³-hybridized carbons (Fsp3) is 0.471. The third kappa shape index (κ3) is 5.88. The van der Waals surface area contributed by atoms with Crippen molar-refractivity contribution in [2.24, 2.45) is 0 Å². The van der Waals surface area contributed by atoms with E-state index < -0.39 is 0 Å². The molecule has 2 atom stereocenters. The molecule has 0 aliphatic carbocycles. The minimum absolute atomic E-state index is 0.00590. The zero-order valence-corrected chi connectivity index (χ0v) is 13.0. The number of carbonyl (C=O) groups is 1. The highest BCUT2D eigenvalue weighted by Crippen LogP contribution is 2.17. The summed E-state index contributed by atoms with van der Waals surface area (Å²) in [4.78, 5) is 12.0.